The first kappa shape index (κ1) is 21.6. The number of fused-ring (bicyclic) bond motifs is 1. The van der Waals surface area contributed by atoms with E-state index in [1.54, 1.807) is 35.2 Å². The highest BCUT2D eigenvalue weighted by Gasteiger charge is 2.44. The third kappa shape index (κ3) is 3.99. The van der Waals surface area contributed by atoms with Crippen LogP contribution in [0.3, 0.4) is 0 Å². The fourth-order valence-corrected chi connectivity index (χ4v) is 4.63. The Labute approximate surface area is 197 Å². The van der Waals surface area contributed by atoms with Crippen LogP contribution in [-0.2, 0) is 16.0 Å². The second kappa shape index (κ2) is 8.98. The zero-order chi connectivity index (χ0) is 23.7. The van der Waals surface area contributed by atoms with Crippen LogP contribution >= 0.6 is 0 Å². The molecule has 1 unspecified atom stereocenters. The summed E-state index contributed by atoms with van der Waals surface area (Å²) in [7, 11) is 0. The molecule has 1 aliphatic heterocycles. The lowest BCUT2D eigenvalue weighted by atomic mass is 10.1. The molecule has 2 heterocycles. The highest BCUT2D eigenvalue weighted by molar-refractivity contribution is 6.23. The van der Waals surface area contributed by atoms with Crippen molar-refractivity contribution in [2.75, 3.05) is 11.4 Å². The van der Waals surface area contributed by atoms with Gasteiger partial charge in [0, 0.05) is 29.2 Å². The first-order valence-electron chi connectivity index (χ1n) is 11.4. The highest BCUT2D eigenvalue weighted by Crippen LogP contribution is 2.27. The van der Waals surface area contributed by atoms with E-state index in [2.05, 4.69) is 4.98 Å². The van der Waals surface area contributed by atoms with Crippen LogP contribution in [0.1, 0.15) is 27.9 Å². The van der Waals surface area contributed by atoms with Gasteiger partial charge >= 0.3 is 0 Å². The van der Waals surface area contributed by atoms with E-state index in [4.69, 9.17) is 0 Å². The number of amides is 3. The first-order valence-corrected chi connectivity index (χ1v) is 11.4. The second-order valence-corrected chi connectivity index (χ2v) is 8.60. The van der Waals surface area contributed by atoms with Crippen LogP contribution in [0.2, 0.25) is 0 Å². The molecule has 1 aliphatic rings. The Morgan fingerprint density at radius 1 is 1.00 bits per heavy atom. The predicted octanol–water partition coefficient (Wildman–Crippen LogP) is 4.49. The molecule has 34 heavy (non-hydrogen) atoms. The summed E-state index contributed by atoms with van der Waals surface area (Å²) in [6, 6.07) is 23.4. The maximum Gasteiger partial charge on any atom is 0.257 e. The summed E-state index contributed by atoms with van der Waals surface area (Å²) >= 11 is 0. The average Bonchev–Trinajstić information content (AvgIpc) is 3.40. The number of para-hydroxylation sites is 2. The molecule has 5 rings (SSSR count). The molecule has 3 aromatic carbocycles. The predicted molar refractivity (Wildman–Crippen MR) is 132 cm³/mol. The van der Waals surface area contributed by atoms with Gasteiger partial charge in [-0.3, -0.25) is 14.4 Å². The van der Waals surface area contributed by atoms with Gasteiger partial charge in [-0.2, -0.15) is 0 Å². The fourth-order valence-electron chi connectivity index (χ4n) is 4.63. The summed E-state index contributed by atoms with van der Waals surface area (Å²) in [4.78, 5) is 46.0. The van der Waals surface area contributed by atoms with Gasteiger partial charge in [0.25, 0.3) is 11.8 Å². The van der Waals surface area contributed by atoms with Crippen molar-refractivity contribution >= 4 is 34.3 Å². The molecule has 170 valence electrons. The standard InChI is InChI=1S/C28H25N3O3/c1-19-8-7-9-20(16-19)27(33)30(15-14-21-18-29-24-13-6-5-12-23(21)24)25-17-26(32)31(28(25)34)22-10-3-2-4-11-22/h2-13,16,18,25,29H,14-15,17H2,1H3. The Kier molecular flexibility index (Phi) is 5.72. The zero-order valence-electron chi connectivity index (χ0n) is 18.9. The molecule has 0 bridgehead atoms. The van der Waals surface area contributed by atoms with Crippen LogP contribution in [0, 0.1) is 6.92 Å². The normalized spacial score (nSPS) is 15.8. The molecule has 1 fully saturated rings. The van der Waals surface area contributed by atoms with Gasteiger partial charge in [-0.15, -0.1) is 0 Å². The smallest absolute Gasteiger partial charge is 0.257 e. The van der Waals surface area contributed by atoms with Crippen LogP contribution < -0.4 is 4.90 Å². The maximum absolute atomic E-state index is 13.6. The lowest BCUT2D eigenvalue weighted by Gasteiger charge is -2.28. The number of nitrogens with zero attached hydrogens (tertiary/aromatic N) is 2. The maximum atomic E-state index is 13.6. The second-order valence-electron chi connectivity index (χ2n) is 8.60. The number of imide groups is 1. The van der Waals surface area contributed by atoms with Crippen molar-refractivity contribution in [1.29, 1.82) is 0 Å². The van der Waals surface area contributed by atoms with Crippen molar-refractivity contribution in [3.05, 3.63) is 102 Å². The van der Waals surface area contributed by atoms with Crippen molar-refractivity contribution in [3.63, 3.8) is 0 Å². The molecule has 0 aliphatic carbocycles. The van der Waals surface area contributed by atoms with Gasteiger partial charge in [-0.1, -0.05) is 54.1 Å². The third-order valence-electron chi connectivity index (χ3n) is 6.34. The minimum atomic E-state index is -0.842. The summed E-state index contributed by atoms with van der Waals surface area (Å²) in [5.74, 6) is -0.906. The van der Waals surface area contributed by atoms with Crippen LogP contribution in [0.15, 0.2) is 85.1 Å². The van der Waals surface area contributed by atoms with Crippen molar-refractivity contribution in [2.45, 2.75) is 25.8 Å². The van der Waals surface area contributed by atoms with Crippen molar-refractivity contribution in [3.8, 4) is 0 Å². The lowest BCUT2D eigenvalue weighted by Crippen LogP contribution is -2.46. The van der Waals surface area contributed by atoms with E-state index in [0.717, 1.165) is 22.0 Å². The minimum absolute atomic E-state index is 0.0286. The Bertz CT molecular complexity index is 1380. The van der Waals surface area contributed by atoms with E-state index in [1.807, 2.05) is 61.7 Å². The average molecular weight is 452 g/mol. The molecule has 6 heteroatoms. The molecule has 1 N–H and O–H groups in total. The number of hydrogen-bond acceptors (Lipinski definition) is 3. The van der Waals surface area contributed by atoms with Crippen molar-refractivity contribution in [1.82, 2.24) is 9.88 Å². The van der Waals surface area contributed by atoms with Gasteiger partial charge in [0.05, 0.1) is 12.1 Å². The number of hydrogen-bond donors (Lipinski definition) is 1. The van der Waals surface area contributed by atoms with Gasteiger partial charge < -0.3 is 9.88 Å². The Hall–Kier alpha value is -4.19. The zero-order valence-corrected chi connectivity index (χ0v) is 18.9. The van der Waals surface area contributed by atoms with Gasteiger partial charge in [-0.25, -0.2) is 4.90 Å². The number of carbonyl (C=O) groups is 3. The third-order valence-corrected chi connectivity index (χ3v) is 6.34. The van der Waals surface area contributed by atoms with E-state index >= 15 is 0 Å². The number of nitrogens with one attached hydrogen (secondary N) is 1. The first-order chi connectivity index (χ1) is 16.5. The molecule has 1 saturated heterocycles. The van der Waals surface area contributed by atoms with Gasteiger partial charge in [0.2, 0.25) is 5.91 Å². The largest absolute Gasteiger partial charge is 0.361 e. The number of benzene rings is 3. The van der Waals surface area contributed by atoms with Gasteiger partial charge in [-0.05, 0) is 49.2 Å². The number of aromatic amines is 1. The van der Waals surface area contributed by atoms with Crippen LogP contribution in [0.4, 0.5) is 5.69 Å². The van der Waals surface area contributed by atoms with Crippen molar-refractivity contribution < 1.29 is 14.4 Å². The van der Waals surface area contributed by atoms with Crippen molar-refractivity contribution in [2.24, 2.45) is 0 Å². The Morgan fingerprint density at radius 2 is 1.76 bits per heavy atom. The molecule has 0 radical (unpaired) electrons. The van der Waals surface area contributed by atoms with Crippen LogP contribution in [0.25, 0.3) is 10.9 Å². The summed E-state index contributed by atoms with van der Waals surface area (Å²) in [6.07, 6.45) is 2.47. The SMILES string of the molecule is Cc1cccc(C(=O)N(CCc2c[nH]c3ccccc23)C2CC(=O)N(c3ccccc3)C2=O)c1. The molecule has 1 aromatic heterocycles. The van der Waals surface area contributed by atoms with Gasteiger partial charge in [0.1, 0.15) is 6.04 Å². The molecule has 4 aromatic rings. The summed E-state index contributed by atoms with van der Waals surface area (Å²) < 4.78 is 0. The topological polar surface area (TPSA) is 73.5 Å². The lowest BCUT2D eigenvalue weighted by molar-refractivity contribution is -0.122. The summed E-state index contributed by atoms with van der Waals surface area (Å²) in [6.45, 7) is 2.25. The molecule has 0 saturated carbocycles. The van der Waals surface area contributed by atoms with E-state index in [0.29, 0.717) is 24.2 Å². The molecule has 0 spiro atoms. The number of carbonyl (C=O) groups excluding carboxylic acids is 3. The number of anilines is 1. The molecular weight excluding hydrogens is 426 g/mol. The minimum Gasteiger partial charge on any atom is -0.361 e. The van der Waals surface area contributed by atoms with Crippen LogP contribution in [-0.4, -0.2) is 40.2 Å². The Balaban J connectivity index is 1.47. The molecule has 1 atom stereocenters. The summed E-state index contributed by atoms with van der Waals surface area (Å²) in [5.41, 5.74) is 4.09. The number of aromatic nitrogens is 1. The number of rotatable bonds is 6. The fraction of sp³-hybridized carbons (Fsp3) is 0.179. The van der Waals surface area contributed by atoms with E-state index in [-0.39, 0.29) is 24.1 Å². The highest BCUT2D eigenvalue weighted by atomic mass is 16.2. The summed E-state index contributed by atoms with van der Waals surface area (Å²) in [5, 5.41) is 1.09. The van der Waals surface area contributed by atoms with E-state index < -0.39 is 6.04 Å². The molecule has 3 amide bonds. The quantitative estimate of drug-likeness (QED) is 0.439. The number of aryl methyl sites for hydroxylation is 1. The van der Waals surface area contributed by atoms with Crippen LogP contribution in [0.5, 0.6) is 0 Å². The molecule has 6 nitrogen and oxygen atoms in total. The number of H-pyrrole nitrogens is 1. The Morgan fingerprint density at radius 3 is 2.56 bits per heavy atom. The van der Waals surface area contributed by atoms with Gasteiger partial charge in [0.15, 0.2) is 0 Å². The monoisotopic (exact) mass is 451 g/mol. The van der Waals surface area contributed by atoms with E-state index in [9.17, 15) is 14.4 Å². The molecular formula is C28H25N3O3. The van der Waals surface area contributed by atoms with E-state index in [1.165, 1.54) is 4.90 Å².